The first-order chi connectivity index (χ1) is 7.98. The van der Waals surface area contributed by atoms with Crippen molar-refractivity contribution in [2.24, 2.45) is 0 Å². The predicted molar refractivity (Wildman–Crippen MR) is 61.2 cm³/mol. The topological polar surface area (TPSA) is 58.6 Å². The monoisotopic (exact) mass is 241 g/mol. The average Bonchev–Trinajstić information content (AvgIpc) is 2.27. The number of ether oxygens (including phenoxy) is 1. The number of carbonyl (C=O) groups is 1. The van der Waals surface area contributed by atoms with Crippen molar-refractivity contribution in [1.29, 1.82) is 0 Å². The molecule has 5 heteroatoms. The molecule has 0 aliphatic rings. The lowest BCUT2D eigenvalue weighted by atomic mass is 10.0. The molecule has 0 aliphatic carbocycles. The van der Waals surface area contributed by atoms with Crippen LogP contribution in [0, 0.1) is 5.82 Å². The van der Waals surface area contributed by atoms with Crippen LogP contribution in [0.3, 0.4) is 0 Å². The van der Waals surface area contributed by atoms with Crippen molar-refractivity contribution in [3.63, 3.8) is 0 Å². The molecular formula is C12H16FNO3. The number of rotatable bonds is 6. The largest absolute Gasteiger partial charge is 0.480 e. The number of aliphatic carboxylic acids is 1. The Bertz CT molecular complexity index is 397. The van der Waals surface area contributed by atoms with Gasteiger partial charge < -0.3 is 9.84 Å². The van der Waals surface area contributed by atoms with E-state index in [0.717, 1.165) is 0 Å². The molecule has 1 rings (SSSR count). The maximum Gasteiger partial charge on any atom is 0.326 e. The summed E-state index contributed by atoms with van der Waals surface area (Å²) in [4.78, 5) is 11.1. The standard InChI is InChI=1S/C12H16FNO3/c1-12(8-17-2,11(15)16)14-7-9-4-3-5-10(13)6-9/h3-6,14H,7-8H2,1-2H3,(H,15,16). The fourth-order valence-corrected chi connectivity index (χ4v) is 1.42. The lowest BCUT2D eigenvalue weighted by Crippen LogP contribution is -2.52. The van der Waals surface area contributed by atoms with E-state index in [1.54, 1.807) is 12.1 Å². The molecule has 1 aromatic rings. The second kappa shape index (κ2) is 5.75. The zero-order valence-corrected chi connectivity index (χ0v) is 9.87. The highest BCUT2D eigenvalue weighted by Gasteiger charge is 2.32. The Balaban J connectivity index is 2.67. The summed E-state index contributed by atoms with van der Waals surface area (Å²) in [6.45, 7) is 1.83. The molecule has 0 bridgehead atoms. The third-order valence-electron chi connectivity index (χ3n) is 2.48. The molecular weight excluding hydrogens is 225 g/mol. The van der Waals surface area contributed by atoms with Gasteiger partial charge in [-0.2, -0.15) is 0 Å². The van der Waals surface area contributed by atoms with E-state index >= 15 is 0 Å². The van der Waals surface area contributed by atoms with Gasteiger partial charge in [0.15, 0.2) is 0 Å². The summed E-state index contributed by atoms with van der Waals surface area (Å²) in [5, 5.41) is 11.9. The Morgan fingerprint density at radius 3 is 2.82 bits per heavy atom. The molecule has 1 aromatic carbocycles. The summed E-state index contributed by atoms with van der Waals surface area (Å²) in [6, 6.07) is 6.02. The van der Waals surface area contributed by atoms with Gasteiger partial charge in [-0.05, 0) is 24.6 Å². The minimum Gasteiger partial charge on any atom is -0.480 e. The first-order valence-electron chi connectivity index (χ1n) is 5.20. The van der Waals surface area contributed by atoms with Gasteiger partial charge in [0, 0.05) is 13.7 Å². The quantitative estimate of drug-likeness (QED) is 0.790. The first kappa shape index (κ1) is 13.6. The molecule has 1 unspecified atom stereocenters. The molecule has 17 heavy (non-hydrogen) atoms. The van der Waals surface area contributed by atoms with Crippen molar-refractivity contribution in [3.8, 4) is 0 Å². The van der Waals surface area contributed by atoms with Crippen LogP contribution in [0.15, 0.2) is 24.3 Å². The Hall–Kier alpha value is -1.46. The van der Waals surface area contributed by atoms with Gasteiger partial charge in [-0.15, -0.1) is 0 Å². The highest BCUT2D eigenvalue weighted by molar-refractivity contribution is 5.78. The molecule has 0 amide bonds. The zero-order chi connectivity index (χ0) is 12.9. The number of halogens is 1. The van der Waals surface area contributed by atoms with Crippen LogP contribution < -0.4 is 5.32 Å². The van der Waals surface area contributed by atoms with Crippen LogP contribution in [0.2, 0.25) is 0 Å². The van der Waals surface area contributed by atoms with Crippen LogP contribution in [-0.2, 0) is 16.1 Å². The average molecular weight is 241 g/mol. The smallest absolute Gasteiger partial charge is 0.326 e. The summed E-state index contributed by atoms with van der Waals surface area (Å²) in [5.41, 5.74) is -0.491. The predicted octanol–water partition coefficient (Wildman–Crippen LogP) is 1.41. The van der Waals surface area contributed by atoms with E-state index < -0.39 is 11.5 Å². The van der Waals surface area contributed by atoms with Gasteiger partial charge in [0.2, 0.25) is 0 Å². The van der Waals surface area contributed by atoms with Crippen molar-refractivity contribution in [1.82, 2.24) is 5.32 Å². The van der Waals surface area contributed by atoms with Gasteiger partial charge in [-0.1, -0.05) is 12.1 Å². The molecule has 0 spiro atoms. The Labute approximate surface area is 99.4 Å². The number of carboxylic acid groups (broad SMARTS) is 1. The van der Waals surface area contributed by atoms with Crippen LogP contribution >= 0.6 is 0 Å². The number of carboxylic acids is 1. The minimum atomic E-state index is -1.18. The van der Waals surface area contributed by atoms with Crippen LogP contribution in [0.1, 0.15) is 12.5 Å². The number of methoxy groups -OCH3 is 1. The van der Waals surface area contributed by atoms with Crippen molar-refractivity contribution in [2.75, 3.05) is 13.7 Å². The van der Waals surface area contributed by atoms with E-state index in [9.17, 15) is 9.18 Å². The third kappa shape index (κ3) is 3.80. The van der Waals surface area contributed by atoms with Crippen LogP contribution in [0.4, 0.5) is 4.39 Å². The molecule has 0 radical (unpaired) electrons. The van der Waals surface area contributed by atoms with Gasteiger partial charge in [-0.25, -0.2) is 4.39 Å². The maximum atomic E-state index is 12.9. The summed E-state index contributed by atoms with van der Waals surface area (Å²) in [6.07, 6.45) is 0. The van der Waals surface area contributed by atoms with E-state index in [4.69, 9.17) is 9.84 Å². The Morgan fingerprint density at radius 2 is 2.29 bits per heavy atom. The molecule has 94 valence electrons. The van der Waals surface area contributed by atoms with E-state index in [1.165, 1.54) is 26.2 Å². The number of nitrogens with one attached hydrogen (secondary N) is 1. The second-order valence-corrected chi connectivity index (χ2v) is 4.05. The fourth-order valence-electron chi connectivity index (χ4n) is 1.42. The van der Waals surface area contributed by atoms with Gasteiger partial charge >= 0.3 is 5.97 Å². The number of hydrogen-bond donors (Lipinski definition) is 2. The first-order valence-corrected chi connectivity index (χ1v) is 5.20. The maximum absolute atomic E-state index is 12.9. The molecule has 0 aliphatic heterocycles. The van der Waals surface area contributed by atoms with Gasteiger partial charge in [0.05, 0.1) is 6.61 Å². The highest BCUT2D eigenvalue weighted by atomic mass is 19.1. The van der Waals surface area contributed by atoms with Crippen LogP contribution in [0.25, 0.3) is 0 Å². The van der Waals surface area contributed by atoms with Crippen molar-refractivity contribution >= 4 is 5.97 Å². The second-order valence-electron chi connectivity index (χ2n) is 4.05. The summed E-state index contributed by atoms with van der Waals surface area (Å²) in [5.74, 6) is -1.34. The Kier molecular flexibility index (Phi) is 4.60. The van der Waals surface area contributed by atoms with Crippen molar-refractivity contribution < 1.29 is 19.0 Å². The lowest BCUT2D eigenvalue weighted by molar-refractivity contribution is -0.146. The van der Waals surface area contributed by atoms with Gasteiger partial charge in [0.25, 0.3) is 0 Å². The van der Waals surface area contributed by atoms with E-state index in [-0.39, 0.29) is 19.0 Å². The van der Waals surface area contributed by atoms with E-state index in [2.05, 4.69) is 5.32 Å². The fraction of sp³-hybridized carbons (Fsp3) is 0.417. The molecule has 0 aromatic heterocycles. The molecule has 2 N–H and O–H groups in total. The molecule has 0 fully saturated rings. The lowest BCUT2D eigenvalue weighted by Gasteiger charge is -2.25. The van der Waals surface area contributed by atoms with Crippen molar-refractivity contribution in [3.05, 3.63) is 35.6 Å². The summed E-state index contributed by atoms with van der Waals surface area (Å²) >= 11 is 0. The molecule has 0 heterocycles. The Morgan fingerprint density at radius 1 is 1.59 bits per heavy atom. The molecule has 1 atom stereocenters. The molecule has 0 saturated carbocycles. The van der Waals surface area contributed by atoms with E-state index in [0.29, 0.717) is 5.56 Å². The van der Waals surface area contributed by atoms with Gasteiger partial charge in [0.1, 0.15) is 11.4 Å². The summed E-state index contributed by atoms with van der Waals surface area (Å²) < 4.78 is 17.8. The van der Waals surface area contributed by atoms with E-state index in [1.807, 2.05) is 0 Å². The van der Waals surface area contributed by atoms with Gasteiger partial charge in [-0.3, -0.25) is 10.1 Å². The number of hydrogen-bond acceptors (Lipinski definition) is 3. The minimum absolute atomic E-state index is 0.0393. The SMILES string of the molecule is COCC(C)(NCc1cccc(F)c1)C(=O)O. The molecule has 0 saturated heterocycles. The zero-order valence-electron chi connectivity index (χ0n) is 9.87. The van der Waals surface area contributed by atoms with Crippen LogP contribution in [-0.4, -0.2) is 30.3 Å². The number of benzene rings is 1. The highest BCUT2D eigenvalue weighted by Crippen LogP contribution is 2.08. The summed E-state index contributed by atoms with van der Waals surface area (Å²) in [7, 11) is 1.44. The normalized spacial score (nSPS) is 14.3. The molecule has 4 nitrogen and oxygen atoms in total. The van der Waals surface area contributed by atoms with Crippen LogP contribution in [0.5, 0.6) is 0 Å². The third-order valence-corrected chi connectivity index (χ3v) is 2.48. The van der Waals surface area contributed by atoms with Crippen molar-refractivity contribution in [2.45, 2.75) is 19.0 Å².